The van der Waals surface area contributed by atoms with Gasteiger partial charge in [0.05, 0.1) is 44.9 Å². The van der Waals surface area contributed by atoms with Gasteiger partial charge < -0.3 is 38.4 Å². The third kappa shape index (κ3) is 25.9. The van der Waals surface area contributed by atoms with Gasteiger partial charge >= 0.3 is 5.97 Å². The lowest BCUT2D eigenvalue weighted by molar-refractivity contribution is -0.158. The third-order valence-electron chi connectivity index (χ3n) is 7.28. The van der Waals surface area contributed by atoms with Crippen molar-refractivity contribution in [1.29, 1.82) is 0 Å². The summed E-state index contributed by atoms with van der Waals surface area (Å²) in [6, 6.07) is 39.2. The molecule has 10 heteroatoms. The van der Waals surface area contributed by atoms with Crippen LogP contribution in [-0.4, -0.2) is 86.8 Å². The second-order valence-corrected chi connectivity index (χ2v) is 13.1. The van der Waals surface area contributed by atoms with E-state index in [-0.39, 0.29) is 25.1 Å². The zero-order valence-corrected chi connectivity index (χ0v) is 34.2. The average Bonchev–Trinajstić information content (AvgIpc) is 3.24. The van der Waals surface area contributed by atoms with Gasteiger partial charge in [-0.3, -0.25) is 4.79 Å². The molecule has 1 heterocycles. The minimum Gasteiger partial charge on any atom is -0.516 e. The van der Waals surface area contributed by atoms with E-state index in [1.807, 2.05) is 161 Å². The molecule has 1 amide bonds. The van der Waals surface area contributed by atoms with Crippen molar-refractivity contribution >= 4 is 36.2 Å². The van der Waals surface area contributed by atoms with Crippen LogP contribution in [0.4, 0.5) is 0 Å². The van der Waals surface area contributed by atoms with Crippen molar-refractivity contribution in [1.82, 2.24) is 4.90 Å². The van der Waals surface area contributed by atoms with Gasteiger partial charge in [-0.2, -0.15) is 0 Å². The number of amides is 1. The standard InChI is InChI=1S/C14H17NO3.C14H18O3.C12H16O2.C8H8O/c16-14(15-7-10-17-11-8-15)12-18-9-6-13-4-2-1-3-5-13;1-14(2,3)17-13(15)11-16-10-9-12-7-5-4-6-8-12;1-2-13-10-11-14-9-8-12-6-4-3-5-7-12;9-7-6-8-4-2-1-3-5-8/h1-6,9H,7-8,10-12H2;4-10H,11H2,1-3H3;3-9H,2,10-11H2,1H3;1-7,9H. The van der Waals surface area contributed by atoms with Crippen LogP contribution in [0.2, 0.25) is 0 Å². The molecule has 10 nitrogen and oxygen atoms in total. The second kappa shape index (κ2) is 31.0. The molecule has 0 aliphatic carbocycles. The molecule has 1 fully saturated rings. The van der Waals surface area contributed by atoms with Gasteiger partial charge in [-0.05, 0) is 74.3 Å². The minimum atomic E-state index is -0.469. The summed E-state index contributed by atoms with van der Waals surface area (Å²) in [7, 11) is 0. The van der Waals surface area contributed by atoms with E-state index in [2.05, 4.69) is 0 Å². The molecule has 310 valence electrons. The van der Waals surface area contributed by atoms with E-state index in [9.17, 15) is 9.59 Å². The second-order valence-electron chi connectivity index (χ2n) is 13.1. The summed E-state index contributed by atoms with van der Waals surface area (Å²) in [6.07, 6.45) is 13.0. The van der Waals surface area contributed by atoms with Crippen molar-refractivity contribution in [3.63, 3.8) is 0 Å². The van der Waals surface area contributed by atoms with Crippen LogP contribution in [0.15, 0.2) is 146 Å². The molecule has 0 unspecified atom stereocenters. The normalized spacial score (nSPS) is 12.4. The molecule has 0 radical (unpaired) electrons. The first-order valence-electron chi connectivity index (χ1n) is 19.2. The van der Waals surface area contributed by atoms with Gasteiger partial charge in [-0.25, -0.2) is 4.79 Å². The first kappa shape index (κ1) is 48.0. The van der Waals surface area contributed by atoms with Crippen LogP contribution in [0, 0.1) is 0 Å². The van der Waals surface area contributed by atoms with Gasteiger partial charge in [-0.1, -0.05) is 121 Å². The molecule has 0 bridgehead atoms. The Bertz CT molecular complexity index is 1730. The maximum atomic E-state index is 11.7. The van der Waals surface area contributed by atoms with Crippen molar-refractivity contribution in [2.24, 2.45) is 0 Å². The average molecular weight is 794 g/mol. The van der Waals surface area contributed by atoms with Crippen LogP contribution in [0.1, 0.15) is 49.9 Å². The SMILES string of the molecule is CC(C)(C)OC(=O)COC=Cc1ccccc1.CCOCCOC=Cc1ccccc1.O=C(COC=Cc1ccccc1)N1CCOCC1.OC=Cc1ccccc1. The lowest BCUT2D eigenvalue weighted by Crippen LogP contribution is -2.42. The van der Waals surface area contributed by atoms with Gasteiger partial charge in [0.2, 0.25) is 0 Å². The number of benzene rings is 4. The van der Waals surface area contributed by atoms with Crippen molar-refractivity contribution in [3.05, 3.63) is 169 Å². The lowest BCUT2D eigenvalue weighted by Gasteiger charge is -2.26. The van der Waals surface area contributed by atoms with Gasteiger partial charge in [0.15, 0.2) is 13.2 Å². The number of esters is 1. The molecule has 1 aliphatic rings. The molecule has 1 saturated heterocycles. The fourth-order valence-corrected chi connectivity index (χ4v) is 4.55. The topological polar surface area (TPSA) is 113 Å². The summed E-state index contributed by atoms with van der Waals surface area (Å²) >= 11 is 0. The predicted octanol–water partition coefficient (Wildman–Crippen LogP) is 9.47. The number of carbonyl (C=O) groups is 2. The Labute approximate surface area is 344 Å². The number of hydrogen-bond donors (Lipinski definition) is 1. The zero-order chi connectivity index (χ0) is 41.9. The van der Waals surface area contributed by atoms with E-state index >= 15 is 0 Å². The highest BCUT2D eigenvalue weighted by Gasteiger charge is 2.17. The number of rotatable bonds is 15. The molecule has 1 aliphatic heterocycles. The lowest BCUT2D eigenvalue weighted by atomic mass is 10.2. The van der Waals surface area contributed by atoms with Crippen LogP contribution in [0.25, 0.3) is 24.3 Å². The van der Waals surface area contributed by atoms with Gasteiger partial charge in [0.1, 0.15) is 12.2 Å². The summed E-state index contributed by atoms with van der Waals surface area (Å²) in [6.45, 7) is 12.0. The Morgan fingerprint density at radius 2 is 1.03 bits per heavy atom. The van der Waals surface area contributed by atoms with E-state index in [0.29, 0.717) is 39.5 Å². The highest BCUT2D eigenvalue weighted by molar-refractivity contribution is 5.77. The molecule has 0 atom stereocenters. The number of nitrogens with zero attached hydrogens (tertiary/aromatic N) is 1. The van der Waals surface area contributed by atoms with Crippen LogP contribution >= 0.6 is 0 Å². The van der Waals surface area contributed by atoms with Crippen LogP contribution < -0.4 is 0 Å². The predicted molar refractivity (Wildman–Crippen MR) is 232 cm³/mol. The maximum Gasteiger partial charge on any atom is 0.344 e. The van der Waals surface area contributed by atoms with Gasteiger partial charge in [0.25, 0.3) is 5.91 Å². The first-order chi connectivity index (χ1) is 28.2. The molecule has 4 aromatic rings. The zero-order valence-electron chi connectivity index (χ0n) is 34.2. The molecule has 0 spiro atoms. The highest BCUT2D eigenvalue weighted by Crippen LogP contribution is 2.08. The molecule has 1 N–H and O–H groups in total. The number of hydrogen-bond acceptors (Lipinski definition) is 9. The quantitative estimate of drug-likeness (QED) is 0.0715. The number of aliphatic hydroxyl groups excluding tert-OH is 1. The fraction of sp³-hybridized carbons (Fsp3) is 0.292. The Balaban J connectivity index is 0.000000274. The number of carbonyl (C=O) groups excluding carboxylic acids is 2. The van der Waals surface area contributed by atoms with E-state index in [0.717, 1.165) is 35.1 Å². The Morgan fingerprint density at radius 1 is 0.621 bits per heavy atom. The van der Waals surface area contributed by atoms with Crippen molar-refractivity contribution in [2.75, 3.05) is 59.3 Å². The van der Waals surface area contributed by atoms with Gasteiger partial charge in [-0.15, -0.1) is 0 Å². The highest BCUT2D eigenvalue weighted by atomic mass is 16.6. The van der Waals surface area contributed by atoms with Crippen molar-refractivity contribution in [3.8, 4) is 0 Å². The van der Waals surface area contributed by atoms with E-state index in [1.54, 1.807) is 29.6 Å². The minimum absolute atomic E-state index is 0.0102. The fourth-order valence-electron chi connectivity index (χ4n) is 4.55. The molecule has 5 rings (SSSR count). The number of aliphatic hydroxyl groups is 1. The van der Waals surface area contributed by atoms with E-state index in [4.69, 9.17) is 33.5 Å². The molecule has 0 saturated carbocycles. The van der Waals surface area contributed by atoms with Gasteiger partial charge in [0, 0.05) is 19.7 Å². The van der Waals surface area contributed by atoms with E-state index in [1.165, 1.54) is 6.26 Å². The van der Waals surface area contributed by atoms with Crippen LogP contribution in [0.5, 0.6) is 0 Å². The summed E-state index contributed by atoms with van der Waals surface area (Å²) in [4.78, 5) is 24.8. The summed E-state index contributed by atoms with van der Waals surface area (Å²) in [5, 5.41) is 8.34. The van der Waals surface area contributed by atoms with Crippen molar-refractivity contribution in [2.45, 2.75) is 33.3 Å². The number of ether oxygens (including phenoxy) is 6. The Kier molecular flexibility index (Phi) is 25.7. The van der Waals surface area contributed by atoms with Crippen molar-refractivity contribution < 1.29 is 43.1 Å². The molecule has 58 heavy (non-hydrogen) atoms. The Hall–Kier alpha value is -6.10. The van der Waals surface area contributed by atoms with Crippen LogP contribution in [-0.2, 0) is 38.0 Å². The Morgan fingerprint density at radius 3 is 1.45 bits per heavy atom. The summed E-state index contributed by atoms with van der Waals surface area (Å²) < 4.78 is 31.0. The van der Waals surface area contributed by atoms with E-state index < -0.39 is 5.60 Å². The molecule has 4 aromatic carbocycles. The van der Waals surface area contributed by atoms with Crippen LogP contribution in [0.3, 0.4) is 0 Å². The third-order valence-corrected chi connectivity index (χ3v) is 7.28. The summed E-state index contributed by atoms with van der Waals surface area (Å²) in [5.74, 6) is -0.355. The largest absolute Gasteiger partial charge is 0.516 e. The summed E-state index contributed by atoms with van der Waals surface area (Å²) in [5.41, 5.74) is 3.76. The first-order valence-corrected chi connectivity index (χ1v) is 19.2. The molecular formula is C48H59NO9. The smallest absolute Gasteiger partial charge is 0.344 e. The molecular weight excluding hydrogens is 735 g/mol. The maximum absolute atomic E-state index is 11.7. The monoisotopic (exact) mass is 793 g/mol. The number of morpholine rings is 1. The molecule has 0 aromatic heterocycles.